The van der Waals surface area contributed by atoms with E-state index in [2.05, 4.69) is 87.0 Å². The maximum absolute atomic E-state index is 13.8. The number of carbonyl (C=O) groups is 11. The van der Waals surface area contributed by atoms with E-state index in [1.807, 2.05) is 0 Å². The van der Waals surface area contributed by atoms with Crippen molar-refractivity contribution in [1.82, 2.24) is 73.1 Å². The van der Waals surface area contributed by atoms with Crippen LogP contribution in [0, 0.1) is 11.8 Å². The summed E-state index contributed by atoms with van der Waals surface area (Å²) in [6, 6.07) is -14.4. The fourth-order valence-electron chi connectivity index (χ4n) is 8.92. The highest BCUT2D eigenvalue weighted by Gasteiger charge is 2.37. The molecular weight excluding hydrogens is 1200 g/mol. The van der Waals surface area contributed by atoms with Gasteiger partial charge in [-0.15, -0.1) is 0 Å². The number of hydrogen-bond acceptors (Lipinski definition) is 19. The fourth-order valence-corrected chi connectivity index (χ4v) is 9.58. The lowest BCUT2D eigenvalue weighted by Crippen LogP contribution is -2.63. The van der Waals surface area contributed by atoms with Crippen molar-refractivity contribution in [2.75, 3.05) is 12.3 Å². The number of carboxylic acids is 1. The van der Waals surface area contributed by atoms with Crippen molar-refractivity contribution >= 4 is 75.2 Å². The molecule has 10 amide bonds. The molecule has 2 aromatic heterocycles. The zero-order valence-electron chi connectivity index (χ0n) is 52.4. The second kappa shape index (κ2) is 39.5. The molecule has 2 aromatic rings. The fraction of sp³-hybridized carbons (Fsp3) is 0.696. The number of unbranched alkanes of at least 4 members (excludes halogenated alkanes) is 4. The van der Waals surface area contributed by atoms with E-state index < -0.39 is 166 Å². The summed E-state index contributed by atoms with van der Waals surface area (Å²) in [5.74, 6) is -12.1. The molecule has 0 saturated heterocycles. The molecular formula is C56H94N14O19S. The molecule has 0 spiro atoms. The largest absolute Gasteiger partial charge is 0.480 e. The minimum atomic E-state index is -4.84. The van der Waals surface area contributed by atoms with Crippen LogP contribution in [0.1, 0.15) is 144 Å². The number of rotatable bonds is 43. The molecule has 0 radical (unpaired) electrons. The summed E-state index contributed by atoms with van der Waals surface area (Å²) in [5, 5.41) is 74.6. The van der Waals surface area contributed by atoms with Crippen LogP contribution < -0.4 is 53.2 Å². The number of imidazole rings is 2. The number of aliphatic carboxylic acids is 1. The van der Waals surface area contributed by atoms with Crippen LogP contribution in [0.5, 0.6) is 0 Å². The lowest BCUT2D eigenvalue weighted by Gasteiger charge is -2.28. The lowest BCUT2D eigenvalue weighted by molar-refractivity contribution is -0.145. The summed E-state index contributed by atoms with van der Waals surface area (Å²) in [7, 11) is -4.84. The zero-order chi connectivity index (χ0) is 68.0. The molecule has 0 bridgehead atoms. The monoisotopic (exact) mass is 1300 g/mol. The molecule has 0 aromatic carbocycles. The Labute approximate surface area is 522 Å². The number of aromatic amines is 2. The molecule has 13 atom stereocenters. The molecule has 90 heavy (non-hydrogen) atoms. The lowest BCUT2D eigenvalue weighted by atomic mass is 10.0. The van der Waals surface area contributed by atoms with Crippen LogP contribution in [0.2, 0.25) is 0 Å². The van der Waals surface area contributed by atoms with Crippen molar-refractivity contribution in [3.05, 3.63) is 36.4 Å². The van der Waals surface area contributed by atoms with Gasteiger partial charge in [0.2, 0.25) is 59.1 Å². The van der Waals surface area contributed by atoms with Gasteiger partial charge in [-0.3, -0.25) is 52.5 Å². The number of carboxylic acid groups (broad SMARTS) is 1. The van der Waals surface area contributed by atoms with Crippen molar-refractivity contribution in [3.8, 4) is 0 Å². The van der Waals surface area contributed by atoms with Gasteiger partial charge in [0.05, 0.1) is 43.5 Å². The van der Waals surface area contributed by atoms with Crippen molar-refractivity contribution < 1.29 is 91.2 Å². The highest BCUT2D eigenvalue weighted by Crippen LogP contribution is 2.14. The van der Waals surface area contributed by atoms with Crippen molar-refractivity contribution in [1.29, 1.82) is 0 Å². The number of aromatic nitrogens is 4. The van der Waals surface area contributed by atoms with Crippen LogP contribution in [-0.2, 0) is 75.7 Å². The van der Waals surface area contributed by atoms with Crippen LogP contribution >= 0.6 is 0 Å². The summed E-state index contributed by atoms with van der Waals surface area (Å²) < 4.78 is 33.5. The van der Waals surface area contributed by atoms with Crippen LogP contribution in [0.25, 0.3) is 0 Å². The van der Waals surface area contributed by atoms with E-state index in [1.165, 1.54) is 38.9 Å². The highest BCUT2D eigenvalue weighted by atomic mass is 32.2. The molecule has 34 heteroatoms. The summed E-state index contributed by atoms with van der Waals surface area (Å²) in [5.41, 5.74) is 0.675. The maximum atomic E-state index is 13.8. The van der Waals surface area contributed by atoms with Gasteiger partial charge in [-0.2, -0.15) is 8.42 Å². The summed E-state index contributed by atoms with van der Waals surface area (Å²) in [6.45, 7) is 13.4. The third-order valence-electron chi connectivity index (χ3n) is 13.9. The number of nitrogens with one attached hydrogen (secondary N) is 12. The van der Waals surface area contributed by atoms with E-state index in [-0.39, 0.29) is 44.6 Å². The Morgan fingerprint density at radius 3 is 1.37 bits per heavy atom. The van der Waals surface area contributed by atoms with Crippen molar-refractivity contribution in [3.63, 3.8) is 0 Å². The van der Waals surface area contributed by atoms with Crippen LogP contribution in [-0.4, -0.2) is 215 Å². The van der Waals surface area contributed by atoms with E-state index in [0.29, 0.717) is 30.1 Å². The van der Waals surface area contributed by atoms with E-state index in [0.717, 1.165) is 52.9 Å². The molecule has 2 rings (SSSR count). The van der Waals surface area contributed by atoms with Crippen LogP contribution in [0.3, 0.4) is 0 Å². The van der Waals surface area contributed by atoms with Gasteiger partial charge < -0.3 is 88.7 Å². The van der Waals surface area contributed by atoms with Gasteiger partial charge in [-0.05, 0) is 65.7 Å². The topological polar surface area (TPSA) is 521 Å². The normalized spacial score (nSPS) is 15.9. The predicted octanol–water partition coefficient (Wildman–Crippen LogP) is -3.48. The van der Waals surface area contributed by atoms with E-state index in [9.17, 15) is 91.2 Å². The number of amides is 10. The van der Waals surface area contributed by atoms with Gasteiger partial charge in [-0.1, -0.05) is 66.2 Å². The minimum absolute atomic E-state index is 0.0238. The molecule has 18 N–H and O–H groups in total. The standard InChI is InChI=1S/C56H94N14O19S/c1-29(2)16-13-11-10-12-14-17-38(74)23-44(76)65-42(26-90(87,88)89)53(82)66-39(20-30(3)4)50(79)59-19-15-18-43(75)64-40(21-36-24-57-27-60-36)51(80)62-31(5)48(77)68-46(34(8)72)55(84)69-45(33(7)71)54(83)67-41(22-37-25-58-28-61-37)52(81)63-32(6)49(78)70-47(35(9)73)56(85)86/h24-25,27-35,38-42,45-47,71-74H,10-23,26H2,1-9H3,(H,57,60)(H,58,61)(H,59,79)(H,62,80)(H,63,81)(H,64,75)(H,65,76)(H,66,82)(H,67,83)(H,68,77)(H,69,84)(H,70,78)(H,85,86)(H,87,88,89)/t31?,32?,33?,34?,35?,38-,39?,40?,41?,42?,45?,46?,47?/m1/s1. The van der Waals surface area contributed by atoms with Gasteiger partial charge in [0.1, 0.15) is 54.1 Å². The van der Waals surface area contributed by atoms with E-state index in [4.69, 9.17) is 0 Å². The smallest absolute Gasteiger partial charge is 0.328 e. The Morgan fingerprint density at radius 1 is 0.478 bits per heavy atom. The first-order valence-electron chi connectivity index (χ1n) is 29.9. The van der Waals surface area contributed by atoms with Crippen LogP contribution in [0.4, 0.5) is 0 Å². The van der Waals surface area contributed by atoms with Crippen LogP contribution in [0.15, 0.2) is 25.0 Å². The van der Waals surface area contributed by atoms with Crippen molar-refractivity contribution in [2.24, 2.45) is 11.8 Å². The summed E-state index contributed by atoms with van der Waals surface area (Å²) in [4.78, 5) is 159. The van der Waals surface area contributed by atoms with E-state index in [1.54, 1.807) is 13.8 Å². The quantitative estimate of drug-likeness (QED) is 0.0226. The average molecular weight is 1300 g/mol. The Morgan fingerprint density at radius 2 is 0.911 bits per heavy atom. The minimum Gasteiger partial charge on any atom is -0.480 e. The molecule has 2 heterocycles. The molecule has 0 fully saturated rings. The first-order chi connectivity index (χ1) is 42.1. The molecule has 0 aliphatic rings. The third-order valence-corrected chi connectivity index (χ3v) is 14.7. The Bertz CT molecular complexity index is 2750. The Hall–Kier alpha value is -7.66. The van der Waals surface area contributed by atoms with Gasteiger partial charge in [0, 0.05) is 49.6 Å². The zero-order valence-corrected chi connectivity index (χ0v) is 53.2. The third kappa shape index (κ3) is 30.7. The molecule has 12 unspecified atom stereocenters. The average Bonchev–Trinajstić information content (AvgIpc) is 1.47. The number of aliphatic hydroxyl groups excluding tert-OH is 4. The molecule has 0 saturated carbocycles. The second-order valence-corrected chi connectivity index (χ2v) is 24.8. The van der Waals surface area contributed by atoms with Gasteiger partial charge in [0.25, 0.3) is 10.1 Å². The maximum Gasteiger partial charge on any atom is 0.328 e. The number of carbonyl (C=O) groups excluding carboxylic acids is 10. The Kier molecular flexibility index (Phi) is 34.4. The highest BCUT2D eigenvalue weighted by molar-refractivity contribution is 7.85. The number of aliphatic hydroxyl groups is 4. The number of H-pyrrole nitrogens is 2. The summed E-state index contributed by atoms with van der Waals surface area (Å²) >= 11 is 0. The van der Waals surface area contributed by atoms with Gasteiger partial charge in [0.15, 0.2) is 6.04 Å². The molecule has 33 nitrogen and oxygen atoms in total. The molecule has 508 valence electrons. The Balaban J connectivity index is 2.11. The van der Waals surface area contributed by atoms with Crippen molar-refractivity contribution in [2.45, 2.75) is 225 Å². The first-order valence-corrected chi connectivity index (χ1v) is 31.5. The second-order valence-electron chi connectivity index (χ2n) is 23.3. The SMILES string of the molecule is CC(C)CCCCCCC[C@@H](O)CC(=O)NC(CS(=O)(=O)O)C(=O)NC(CC(C)C)C(=O)NCCCC(=O)NC(Cc1cnc[nH]1)C(=O)NC(C)C(=O)NC(C(=O)NC(C(=O)NC(Cc1cnc[nH]1)C(=O)NC(C)C(=O)NC(C(=O)O)C(C)O)C(C)O)C(C)O. The number of hydrogen-bond donors (Lipinski definition) is 18. The molecule has 0 aliphatic carbocycles. The summed E-state index contributed by atoms with van der Waals surface area (Å²) in [6.07, 6.45) is 4.10. The van der Waals surface area contributed by atoms with Gasteiger partial charge in [-0.25, -0.2) is 14.8 Å². The predicted molar refractivity (Wildman–Crippen MR) is 322 cm³/mol. The van der Waals surface area contributed by atoms with E-state index >= 15 is 0 Å². The molecule has 0 aliphatic heterocycles. The first kappa shape index (κ1) is 78.4. The van der Waals surface area contributed by atoms with Gasteiger partial charge >= 0.3 is 5.97 Å². The number of nitrogens with zero attached hydrogens (tertiary/aromatic N) is 2.